The molecule has 0 aromatic heterocycles. The molecule has 6 heteroatoms. The van der Waals surface area contributed by atoms with Crippen LogP contribution >= 0.6 is 12.9 Å². The second kappa shape index (κ2) is 6.73. The summed E-state index contributed by atoms with van der Waals surface area (Å²) in [6, 6.07) is -0.475. The van der Waals surface area contributed by atoms with Crippen LogP contribution < -0.4 is 5.32 Å². The van der Waals surface area contributed by atoms with Crippen LogP contribution in [0.3, 0.4) is 0 Å². The van der Waals surface area contributed by atoms with Crippen LogP contribution in [0.25, 0.3) is 0 Å². The number of hydrogen-bond donors (Lipinski definition) is 2. The number of likely N-dealkylation sites (N-methyl/N-ethyl adjacent to an activating group) is 1. The zero-order valence-corrected chi connectivity index (χ0v) is 8.47. The summed E-state index contributed by atoms with van der Waals surface area (Å²) in [6.45, 7) is 0. The first kappa shape index (κ1) is 12.2. The molecule has 0 bridgehead atoms. The summed E-state index contributed by atoms with van der Waals surface area (Å²) >= 11 is 3.34. The highest BCUT2D eigenvalue weighted by Crippen LogP contribution is 2.01. The van der Waals surface area contributed by atoms with Gasteiger partial charge in [-0.2, -0.15) is 0 Å². The van der Waals surface area contributed by atoms with Gasteiger partial charge < -0.3 is 14.2 Å². The smallest absolute Gasteiger partial charge is 0.322 e. The van der Waals surface area contributed by atoms with Gasteiger partial charge in [0, 0.05) is 19.3 Å². The number of thiol groups is 1. The third-order valence-electron chi connectivity index (χ3n) is 1.57. The van der Waals surface area contributed by atoms with Crippen molar-refractivity contribution in [1.82, 2.24) is 5.32 Å². The van der Waals surface area contributed by atoms with Crippen molar-refractivity contribution in [2.75, 3.05) is 14.2 Å². The molecule has 0 fully saturated rings. The van der Waals surface area contributed by atoms with E-state index >= 15 is 0 Å². The standard InChI is InChI=1S/C7H13NO4S/c1-8-5(7(10)11-2)3-4-6(9)12-13/h5,8,13H,3-4H2,1-2H3. The van der Waals surface area contributed by atoms with Crippen molar-refractivity contribution in [3.63, 3.8) is 0 Å². The quantitative estimate of drug-likeness (QED) is 0.375. The van der Waals surface area contributed by atoms with Gasteiger partial charge in [0.25, 0.3) is 0 Å². The molecule has 0 aliphatic heterocycles. The van der Waals surface area contributed by atoms with Gasteiger partial charge in [-0.15, -0.1) is 0 Å². The Hall–Kier alpha value is -0.750. The molecule has 0 aliphatic rings. The normalized spacial score (nSPS) is 11.9. The summed E-state index contributed by atoms with van der Waals surface area (Å²) in [5.41, 5.74) is 0. The number of ether oxygens (including phenoxy) is 1. The lowest BCUT2D eigenvalue weighted by atomic mass is 10.1. The molecular formula is C7H13NO4S. The van der Waals surface area contributed by atoms with E-state index in [0.717, 1.165) is 0 Å². The van der Waals surface area contributed by atoms with Gasteiger partial charge in [-0.3, -0.25) is 9.59 Å². The summed E-state index contributed by atoms with van der Waals surface area (Å²) in [7, 11) is 2.91. The summed E-state index contributed by atoms with van der Waals surface area (Å²) in [5, 5.41) is 2.72. The Morgan fingerprint density at radius 2 is 2.15 bits per heavy atom. The minimum Gasteiger partial charge on any atom is -0.468 e. The Balaban J connectivity index is 3.85. The van der Waals surface area contributed by atoms with Crippen molar-refractivity contribution in [1.29, 1.82) is 0 Å². The monoisotopic (exact) mass is 207 g/mol. The van der Waals surface area contributed by atoms with Crippen LogP contribution in [0.1, 0.15) is 12.8 Å². The van der Waals surface area contributed by atoms with Crippen molar-refractivity contribution in [3.8, 4) is 0 Å². The van der Waals surface area contributed by atoms with E-state index in [2.05, 4.69) is 27.1 Å². The Labute approximate surface area is 82.4 Å². The second-order valence-electron chi connectivity index (χ2n) is 2.37. The molecular weight excluding hydrogens is 194 g/mol. The van der Waals surface area contributed by atoms with E-state index in [1.807, 2.05) is 0 Å². The number of carbonyl (C=O) groups is 2. The van der Waals surface area contributed by atoms with Crippen LogP contribution in [-0.4, -0.2) is 32.1 Å². The molecule has 0 rings (SSSR count). The first-order chi connectivity index (χ1) is 6.15. The highest BCUT2D eigenvalue weighted by molar-refractivity contribution is 7.75. The van der Waals surface area contributed by atoms with Crippen LogP contribution in [0.4, 0.5) is 0 Å². The minimum atomic E-state index is -0.475. The zero-order valence-electron chi connectivity index (χ0n) is 7.57. The Kier molecular flexibility index (Phi) is 6.34. The number of hydrogen-bond acceptors (Lipinski definition) is 6. The van der Waals surface area contributed by atoms with Crippen molar-refractivity contribution in [2.24, 2.45) is 0 Å². The summed E-state index contributed by atoms with van der Waals surface area (Å²) in [4.78, 5) is 21.7. The van der Waals surface area contributed by atoms with Gasteiger partial charge in [-0.05, 0) is 13.5 Å². The van der Waals surface area contributed by atoms with Gasteiger partial charge in [0.15, 0.2) is 0 Å². The molecule has 1 N–H and O–H groups in total. The number of rotatable bonds is 5. The van der Waals surface area contributed by atoms with Crippen molar-refractivity contribution in [2.45, 2.75) is 18.9 Å². The van der Waals surface area contributed by atoms with E-state index in [0.29, 0.717) is 6.42 Å². The third kappa shape index (κ3) is 4.74. The van der Waals surface area contributed by atoms with Gasteiger partial charge in [0.2, 0.25) is 0 Å². The predicted octanol–water partition coefficient (Wildman–Crippen LogP) is -0.0844. The molecule has 0 saturated carbocycles. The maximum Gasteiger partial charge on any atom is 0.322 e. The molecule has 0 aromatic carbocycles. The van der Waals surface area contributed by atoms with Crippen LogP contribution in [-0.2, 0) is 18.5 Å². The average Bonchev–Trinajstić information content (AvgIpc) is 2.17. The van der Waals surface area contributed by atoms with E-state index in [-0.39, 0.29) is 6.42 Å². The molecule has 0 saturated heterocycles. The fourth-order valence-electron chi connectivity index (χ4n) is 0.830. The first-order valence-electron chi connectivity index (χ1n) is 3.75. The second-order valence-corrected chi connectivity index (χ2v) is 2.55. The molecule has 0 radical (unpaired) electrons. The lowest BCUT2D eigenvalue weighted by Gasteiger charge is -2.11. The molecule has 5 nitrogen and oxygen atoms in total. The molecule has 1 atom stereocenters. The van der Waals surface area contributed by atoms with Crippen LogP contribution in [0.15, 0.2) is 0 Å². The van der Waals surface area contributed by atoms with E-state index in [9.17, 15) is 9.59 Å². The molecule has 0 aliphatic carbocycles. The topological polar surface area (TPSA) is 64.6 Å². The first-order valence-corrected chi connectivity index (χ1v) is 4.11. The SMILES string of the molecule is CNC(CCC(=O)OS)C(=O)OC. The number of nitrogens with one attached hydrogen (secondary N) is 1. The van der Waals surface area contributed by atoms with Crippen molar-refractivity contribution < 1.29 is 18.5 Å². The van der Waals surface area contributed by atoms with Crippen LogP contribution in [0.2, 0.25) is 0 Å². The fraction of sp³-hybridized carbons (Fsp3) is 0.714. The molecule has 0 amide bonds. The lowest BCUT2D eigenvalue weighted by Crippen LogP contribution is -2.35. The van der Waals surface area contributed by atoms with Gasteiger partial charge in [0.05, 0.1) is 7.11 Å². The molecule has 0 spiro atoms. The molecule has 1 unspecified atom stereocenters. The maximum absolute atomic E-state index is 11.0. The van der Waals surface area contributed by atoms with Crippen LogP contribution in [0, 0.1) is 0 Å². The average molecular weight is 207 g/mol. The van der Waals surface area contributed by atoms with E-state index in [4.69, 9.17) is 0 Å². The van der Waals surface area contributed by atoms with Gasteiger partial charge in [-0.25, -0.2) is 0 Å². The van der Waals surface area contributed by atoms with E-state index in [1.165, 1.54) is 7.11 Å². The van der Waals surface area contributed by atoms with Gasteiger partial charge in [-0.1, -0.05) is 0 Å². The number of carbonyl (C=O) groups excluding carboxylic acids is 2. The van der Waals surface area contributed by atoms with Crippen LogP contribution in [0.5, 0.6) is 0 Å². The molecule has 76 valence electrons. The van der Waals surface area contributed by atoms with Crippen molar-refractivity contribution >= 4 is 24.8 Å². The summed E-state index contributed by atoms with van der Waals surface area (Å²) < 4.78 is 8.63. The Bertz CT molecular complexity index is 185. The highest BCUT2D eigenvalue weighted by Gasteiger charge is 2.18. The number of methoxy groups -OCH3 is 1. The lowest BCUT2D eigenvalue weighted by molar-refractivity contribution is -0.143. The van der Waals surface area contributed by atoms with E-state index < -0.39 is 18.0 Å². The largest absolute Gasteiger partial charge is 0.468 e. The maximum atomic E-state index is 11.0. The van der Waals surface area contributed by atoms with Gasteiger partial charge in [0.1, 0.15) is 6.04 Å². The Morgan fingerprint density at radius 1 is 1.54 bits per heavy atom. The summed E-state index contributed by atoms with van der Waals surface area (Å²) in [5.74, 6) is -0.859. The highest BCUT2D eigenvalue weighted by atomic mass is 32.1. The summed E-state index contributed by atoms with van der Waals surface area (Å²) in [6.07, 6.45) is 0.465. The molecule has 0 heterocycles. The van der Waals surface area contributed by atoms with Gasteiger partial charge >= 0.3 is 11.9 Å². The fourth-order valence-corrected chi connectivity index (χ4v) is 0.921. The van der Waals surface area contributed by atoms with Crippen molar-refractivity contribution in [3.05, 3.63) is 0 Å². The zero-order chi connectivity index (χ0) is 10.3. The van der Waals surface area contributed by atoms with E-state index in [1.54, 1.807) is 7.05 Å². The Morgan fingerprint density at radius 3 is 2.54 bits per heavy atom. The molecule has 13 heavy (non-hydrogen) atoms. The minimum absolute atomic E-state index is 0.129. The molecule has 0 aromatic rings. The third-order valence-corrected chi connectivity index (χ3v) is 1.78. The number of esters is 1. The predicted molar refractivity (Wildman–Crippen MR) is 49.2 cm³/mol.